The second kappa shape index (κ2) is 8.44. The Morgan fingerprint density at radius 1 is 1.21 bits per heavy atom. The van der Waals surface area contributed by atoms with Crippen molar-refractivity contribution < 1.29 is 9.72 Å². The van der Waals surface area contributed by atoms with Gasteiger partial charge in [-0.1, -0.05) is 23.7 Å². The normalized spacial score (nSPS) is 10.9. The number of halogens is 1. The molecule has 10 heteroatoms. The molecule has 0 atom stereocenters. The van der Waals surface area contributed by atoms with E-state index >= 15 is 0 Å². The van der Waals surface area contributed by atoms with Gasteiger partial charge in [0, 0.05) is 23.2 Å². The van der Waals surface area contributed by atoms with Crippen molar-refractivity contribution in [2.75, 3.05) is 5.32 Å². The lowest BCUT2D eigenvalue weighted by atomic mass is 10.2. The zero-order valence-electron chi connectivity index (χ0n) is 16.3. The minimum atomic E-state index is -0.455. The van der Waals surface area contributed by atoms with Gasteiger partial charge in [-0.15, -0.1) is 0 Å². The topological polar surface area (TPSA) is 108 Å². The molecule has 0 aliphatic carbocycles. The van der Waals surface area contributed by atoms with Gasteiger partial charge in [0.25, 0.3) is 0 Å². The number of hydrogen-bond acceptors (Lipinski definition) is 5. The van der Waals surface area contributed by atoms with E-state index < -0.39 is 4.92 Å². The third kappa shape index (κ3) is 4.80. The van der Waals surface area contributed by atoms with Gasteiger partial charge >= 0.3 is 5.69 Å². The number of amides is 1. The van der Waals surface area contributed by atoms with Crippen LogP contribution in [0.3, 0.4) is 0 Å². The molecule has 0 aliphatic heterocycles. The van der Waals surface area contributed by atoms with Crippen molar-refractivity contribution in [3.05, 3.63) is 68.1 Å². The zero-order valence-corrected chi connectivity index (χ0v) is 17.1. The van der Waals surface area contributed by atoms with E-state index in [1.807, 2.05) is 31.2 Å². The van der Waals surface area contributed by atoms with Gasteiger partial charge in [0.05, 0.1) is 18.0 Å². The number of benzene rings is 1. The van der Waals surface area contributed by atoms with Crippen molar-refractivity contribution in [3.8, 4) is 0 Å². The molecule has 1 amide bonds. The van der Waals surface area contributed by atoms with Gasteiger partial charge in [-0.2, -0.15) is 10.2 Å². The summed E-state index contributed by atoms with van der Waals surface area (Å²) in [4.78, 5) is 22.9. The van der Waals surface area contributed by atoms with E-state index in [-0.39, 0.29) is 24.6 Å². The molecule has 0 aliphatic rings. The summed E-state index contributed by atoms with van der Waals surface area (Å²) in [5, 5.41) is 23.1. The Hall–Kier alpha value is -3.20. The second-order valence-electron chi connectivity index (χ2n) is 6.76. The summed E-state index contributed by atoms with van der Waals surface area (Å²) < 4.78 is 3.27. The Bertz CT molecular complexity index is 1070. The number of nitrogens with zero attached hydrogens (tertiary/aromatic N) is 5. The molecule has 0 bridgehead atoms. The number of carbonyl (C=O) groups is 1. The van der Waals surface area contributed by atoms with Crippen LogP contribution in [0.2, 0.25) is 5.02 Å². The smallest absolute Gasteiger partial charge is 0.309 e. The lowest BCUT2D eigenvalue weighted by molar-refractivity contribution is -0.386. The van der Waals surface area contributed by atoms with Crippen LogP contribution in [-0.2, 0) is 17.9 Å². The lowest BCUT2D eigenvalue weighted by Crippen LogP contribution is -2.16. The largest absolute Gasteiger partial charge is 0.312 e. The van der Waals surface area contributed by atoms with Crippen molar-refractivity contribution in [1.29, 1.82) is 0 Å². The first-order chi connectivity index (χ1) is 13.7. The van der Waals surface area contributed by atoms with Crippen LogP contribution in [0.4, 0.5) is 11.5 Å². The molecular formula is C19H21ClN6O3. The molecule has 29 heavy (non-hydrogen) atoms. The average molecular weight is 417 g/mol. The van der Waals surface area contributed by atoms with Gasteiger partial charge in [-0.3, -0.25) is 24.3 Å². The summed E-state index contributed by atoms with van der Waals surface area (Å²) in [5.41, 5.74) is 2.66. The van der Waals surface area contributed by atoms with Crippen LogP contribution in [0.5, 0.6) is 0 Å². The Balaban J connectivity index is 1.62. The molecule has 2 heterocycles. The van der Waals surface area contributed by atoms with Crippen molar-refractivity contribution in [2.45, 2.75) is 40.3 Å². The highest BCUT2D eigenvalue weighted by Crippen LogP contribution is 2.22. The summed E-state index contributed by atoms with van der Waals surface area (Å²) in [6.45, 7) is 5.89. The van der Waals surface area contributed by atoms with Crippen LogP contribution in [0.15, 0.2) is 30.3 Å². The van der Waals surface area contributed by atoms with Crippen molar-refractivity contribution in [1.82, 2.24) is 19.6 Å². The molecular weight excluding hydrogens is 396 g/mol. The summed E-state index contributed by atoms with van der Waals surface area (Å²) in [6.07, 6.45) is 0.124. The molecule has 2 aromatic heterocycles. The van der Waals surface area contributed by atoms with E-state index in [1.165, 1.54) is 4.68 Å². The van der Waals surface area contributed by atoms with Gasteiger partial charge in [-0.25, -0.2) is 0 Å². The summed E-state index contributed by atoms with van der Waals surface area (Å²) in [6, 6.07) is 9.30. The van der Waals surface area contributed by atoms with Crippen LogP contribution in [0, 0.1) is 30.9 Å². The molecule has 1 aromatic carbocycles. The molecule has 0 unspecified atom stereocenters. The Labute approximate surface area is 172 Å². The fraction of sp³-hybridized carbons (Fsp3) is 0.316. The minimum Gasteiger partial charge on any atom is -0.309 e. The van der Waals surface area contributed by atoms with Crippen LogP contribution < -0.4 is 5.32 Å². The average Bonchev–Trinajstić information content (AvgIpc) is 3.11. The molecule has 3 rings (SSSR count). The first kappa shape index (κ1) is 20.5. The number of aryl methyl sites for hydroxylation is 3. The molecule has 3 aromatic rings. The first-order valence-corrected chi connectivity index (χ1v) is 9.39. The predicted molar refractivity (Wildman–Crippen MR) is 109 cm³/mol. The highest BCUT2D eigenvalue weighted by atomic mass is 35.5. The SMILES string of the molecule is Cc1nn(CCC(=O)Nc2cc(C)n(Cc3cccc(Cl)c3)n2)c(C)c1[N+](=O)[O-]. The van der Waals surface area contributed by atoms with Crippen molar-refractivity contribution in [3.63, 3.8) is 0 Å². The third-order valence-corrected chi connectivity index (χ3v) is 4.78. The maximum Gasteiger partial charge on any atom is 0.312 e. The molecule has 9 nitrogen and oxygen atoms in total. The number of aromatic nitrogens is 4. The van der Waals surface area contributed by atoms with Crippen LogP contribution in [0.25, 0.3) is 0 Å². The van der Waals surface area contributed by atoms with E-state index in [0.717, 1.165) is 11.3 Å². The van der Waals surface area contributed by atoms with Gasteiger partial charge in [0.1, 0.15) is 11.4 Å². The number of carbonyl (C=O) groups excluding carboxylic acids is 1. The number of nitro groups is 1. The lowest BCUT2D eigenvalue weighted by Gasteiger charge is -2.05. The van der Waals surface area contributed by atoms with Crippen molar-refractivity contribution >= 4 is 29.0 Å². The Morgan fingerprint density at radius 2 is 1.97 bits per heavy atom. The molecule has 0 saturated heterocycles. The van der Waals surface area contributed by atoms with Gasteiger partial charge in [0.2, 0.25) is 5.91 Å². The molecule has 1 N–H and O–H groups in total. The third-order valence-electron chi connectivity index (χ3n) is 4.55. The predicted octanol–water partition coefficient (Wildman–Crippen LogP) is 3.64. The fourth-order valence-electron chi connectivity index (χ4n) is 3.12. The maximum atomic E-state index is 12.3. The van der Waals surface area contributed by atoms with Gasteiger partial charge in [0.15, 0.2) is 5.82 Å². The molecule has 0 radical (unpaired) electrons. The summed E-state index contributed by atoms with van der Waals surface area (Å²) >= 11 is 6.02. The van der Waals surface area contributed by atoms with Crippen LogP contribution in [-0.4, -0.2) is 30.4 Å². The van der Waals surface area contributed by atoms with E-state index in [9.17, 15) is 14.9 Å². The van der Waals surface area contributed by atoms with Crippen LogP contribution in [0.1, 0.15) is 29.1 Å². The Kier molecular flexibility index (Phi) is 5.97. The quantitative estimate of drug-likeness (QED) is 0.467. The molecule has 0 spiro atoms. The van der Waals surface area contributed by atoms with E-state index in [4.69, 9.17) is 11.6 Å². The van der Waals surface area contributed by atoms with E-state index in [2.05, 4.69) is 15.5 Å². The van der Waals surface area contributed by atoms with E-state index in [1.54, 1.807) is 24.6 Å². The molecule has 0 fully saturated rings. The number of rotatable bonds is 7. The minimum absolute atomic E-state index is 0.0132. The second-order valence-corrected chi connectivity index (χ2v) is 7.19. The Morgan fingerprint density at radius 3 is 2.62 bits per heavy atom. The van der Waals surface area contributed by atoms with Gasteiger partial charge in [-0.05, 0) is 38.5 Å². The summed E-state index contributed by atoms with van der Waals surface area (Å²) in [5.74, 6) is 0.210. The number of anilines is 1. The first-order valence-electron chi connectivity index (χ1n) is 9.01. The summed E-state index contributed by atoms with van der Waals surface area (Å²) in [7, 11) is 0. The number of hydrogen-bond donors (Lipinski definition) is 1. The van der Waals surface area contributed by atoms with Gasteiger partial charge < -0.3 is 5.32 Å². The molecule has 0 saturated carbocycles. The highest BCUT2D eigenvalue weighted by molar-refractivity contribution is 6.30. The zero-order chi connectivity index (χ0) is 21.1. The maximum absolute atomic E-state index is 12.3. The highest BCUT2D eigenvalue weighted by Gasteiger charge is 2.22. The number of nitrogens with one attached hydrogen (secondary N) is 1. The van der Waals surface area contributed by atoms with E-state index in [0.29, 0.717) is 28.8 Å². The van der Waals surface area contributed by atoms with Crippen molar-refractivity contribution in [2.24, 2.45) is 0 Å². The standard InChI is InChI=1S/C19H21ClN6O3/c1-12-9-17(23-25(12)11-15-5-4-6-16(20)10-15)21-18(27)7-8-24-14(3)19(26(28)29)13(2)22-24/h4-6,9-10H,7-8,11H2,1-3H3,(H,21,23,27). The monoisotopic (exact) mass is 416 g/mol. The molecule has 152 valence electrons. The van der Waals surface area contributed by atoms with Crippen LogP contribution >= 0.6 is 11.6 Å². The fourth-order valence-corrected chi connectivity index (χ4v) is 3.33.